The van der Waals surface area contributed by atoms with E-state index in [2.05, 4.69) is 22.2 Å². The Morgan fingerprint density at radius 1 is 1.24 bits per heavy atom. The van der Waals surface area contributed by atoms with Gasteiger partial charge in [-0.15, -0.1) is 0 Å². The van der Waals surface area contributed by atoms with Crippen LogP contribution in [0.4, 0.5) is 15.8 Å². The van der Waals surface area contributed by atoms with Crippen LogP contribution >= 0.6 is 0 Å². The molecule has 1 aromatic heterocycles. The van der Waals surface area contributed by atoms with E-state index in [1.54, 1.807) is 12.3 Å². The highest BCUT2D eigenvalue weighted by Gasteiger charge is 2.16. The summed E-state index contributed by atoms with van der Waals surface area (Å²) in [7, 11) is 0. The van der Waals surface area contributed by atoms with Crippen molar-refractivity contribution in [2.24, 2.45) is 0 Å². The summed E-state index contributed by atoms with van der Waals surface area (Å²) in [5.41, 5.74) is 2.62. The van der Waals surface area contributed by atoms with Crippen molar-refractivity contribution < 1.29 is 4.39 Å². The SMILES string of the molecule is CCn1nccc1CNc1ccc(N2CCCC2)c(F)c1. The smallest absolute Gasteiger partial charge is 0.148 e. The summed E-state index contributed by atoms with van der Waals surface area (Å²) < 4.78 is 16.1. The van der Waals surface area contributed by atoms with E-state index in [0.29, 0.717) is 6.54 Å². The van der Waals surface area contributed by atoms with Gasteiger partial charge in [-0.2, -0.15) is 5.10 Å². The zero-order valence-electron chi connectivity index (χ0n) is 12.3. The molecule has 4 nitrogen and oxygen atoms in total. The number of rotatable bonds is 5. The Labute approximate surface area is 124 Å². The fourth-order valence-corrected chi connectivity index (χ4v) is 2.82. The predicted molar refractivity (Wildman–Crippen MR) is 83.1 cm³/mol. The van der Waals surface area contributed by atoms with Crippen molar-refractivity contribution in [3.63, 3.8) is 0 Å². The molecule has 2 heterocycles. The first-order valence-corrected chi connectivity index (χ1v) is 7.57. The van der Waals surface area contributed by atoms with Gasteiger partial charge in [0.15, 0.2) is 0 Å². The van der Waals surface area contributed by atoms with Crippen molar-refractivity contribution in [2.45, 2.75) is 32.9 Å². The van der Waals surface area contributed by atoms with Crippen LogP contribution in [0.1, 0.15) is 25.5 Å². The normalized spacial score (nSPS) is 14.7. The summed E-state index contributed by atoms with van der Waals surface area (Å²) in [6.45, 7) is 5.46. The summed E-state index contributed by atoms with van der Waals surface area (Å²) in [4.78, 5) is 2.12. The summed E-state index contributed by atoms with van der Waals surface area (Å²) in [5.74, 6) is -0.147. The predicted octanol–water partition coefficient (Wildman–Crippen LogP) is 3.25. The van der Waals surface area contributed by atoms with Gasteiger partial charge in [-0.05, 0) is 44.0 Å². The summed E-state index contributed by atoms with van der Waals surface area (Å²) >= 11 is 0. The van der Waals surface area contributed by atoms with Crippen LogP contribution in [-0.4, -0.2) is 22.9 Å². The lowest BCUT2D eigenvalue weighted by Gasteiger charge is -2.19. The van der Waals surface area contributed by atoms with Gasteiger partial charge in [-0.25, -0.2) is 4.39 Å². The van der Waals surface area contributed by atoms with Gasteiger partial charge in [-0.3, -0.25) is 4.68 Å². The van der Waals surface area contributed by atoms with Crippen LogP contribution < -0.4 is 10.2 Å². The molecule has 0 atom stereocenters. The van der Waals surface area contributed by atoms with Crippen molar-refractivity contribution in [2.75, 3.05) is 23.3 Å². The van der Waals surface area contributed by atoms with E-state index in [4.69, 9.17) is 0 Å². The third kappa shape index (κ3) is 3.01. The Balaban J connectivity index is 1.67. The number of nitrogens with one attached hydrogen (secondary N) is 1. The van der Waals surface area contributed by atoms with Crippen LogP contribution in [0.5, 0.6) is 0 Å². The molecule has 1 aliphatic rings. The van der Waals surface area contributed by atoms with Crippen molar-refractivity contribution in [1.82, 2.24) is 9.78 Å². The quantitative estimate of drug-likeness (QED) is 0.917. The molecule has 0 radical (unpaired) electrons. The number of anilines is 2. The molecule has 21 heavy (non-hydrogen) atoms. The molecule has 0 bridgehead atoms. The molecule has 3 rings (SSSR count). The highest BCUT2D eigenvalue weighted by atomic mass is 19.1. The molecule has 112 valence electrons. The van der Waals surface area contributed by atoms with E-state index >= 15 is 0 Å². The number of halogens is 1. The van der Waals surface area contributed by atoms with Gasteiger partial charge in [0.1, 0.15) is 5.82 Å². The average Bonchev–Trinajstić information content (AvgIpc) is 3.16. The van der Waals surface area contributed by atoms with Crippen LogP contribution in [0.25, 0.3) is 0 Å². The maximum Gasteiger partial charge on any atom is 0.148 e. The van der Waals surface area contributed by atoms with E-state index in [1.165, 1.54) is 0 Å². The van der Waals surface area contributed by atoms with Gasteiger partial charge >= 0.3 is 0 Å². The standard InChI is InChI=1S/C16H21FN4/c1-2-21-14(7-8-19-21)12-18-13-5-6-16(15(17)11-13)20-9-3-4-10-20/h5-8,11,18H,2-4,9-10,12H2,1H3. The van der Waals surface area contributed by atoms with Crippen LogP contribution in [0, 0.1) is 5.82 Å². The van der Waals surface area contributed by atoms with Crippen LogP contribution in [0.2, 0.25) is 0 Å². The van der Waals surface area contributed by atoms with E-state index in [-0.39, 0.29) is 5.82 Å². The van der Waals surface area contributed by atoms with Gasteiger partial charge in [0, 0.05) is 31.5 Å². The average molecular weight is 288 g/mol. The van der Waals surface area contributed by atoms with E-state index in [0.717, 1.165) is 49.5 Å². The zero-order chi connectivity index (χ0) is 14.7. The molecule has 0 unspecified atom stereocenters. The first-order chi connectivity index (χ1) is 10.3. The maximum atomic E-state index is 14.2. The minimum atomic E-state index is -0.147. The lowest BCUT2D eigenvalue weighted by atomic mass is 10.2. The summed E-state index contributed by atoms with van der Waals surface area (Å²) in [6.07, 6.45) is 4.10. The fourth-order valence-electron chi connectivity index (χ4n) is 2.82. The van der Waals surface area contributed by atoms with Gasteiger partial charge in [0.2, 0.25) is 0 Å². The Kier molecular flexibility index (Phi) is 4.08. The molecular formula is C16H21FN4. The summed E-state index contributed by atoms with van der Waals surface area (Å²) in [6, 6.07) is 7.38. The first-order valence-electron chi connectivity index (χ1n) is 7.57. The molecule has 1 aromatic carbocycles. The van der Waals surface area contributed by atoms with Crippen LogP contribution in [0.3, 0.4) is 0 Å². The Morgan fingerprint density at radius 2 is 2.05 bits per heavy atom. The van der Waals surface area contributed by atoms with E-state index < -0.39 is 0 Å². The fraction of sp³-hybridized carbons (Fsp3) is 0.438. The molecule has 1 N–H and O–H groups in total. The second-order valence-corrected chi connectivity index (χ2v) is 5.35. The van der Waals surface area contributed by atoms with E-state index in [9.17, 15) is 4.39 Å². The highest BCUT2D eigenvalue weighted by molar-refractivity contribution is 5.56. The second kappa shape index (κ2) is 6.16. The van der Waals surface area contributed by atoms with Gasteiger partial charge in [0.25, 0.3) is 0 Å². The zero-order valence-corrected chi connectivity index (χ0v) is 12.3. The van der Waals surface area contributed by atoms with Crippen molar-refractivity contribution in [1.29, 1.82) is 0 Å². The Hall–Kier alpha value is -2.04. The monoisotopic (exact) mass is 288 g/mol. The molecule has 0 aliphatic carbocycles. The molecule has 5 heteroatoms. The first kappa shape index (κ1) is 13.9. The third-order valence-corrected chi connectivity index (χ3v) is 3.97. The minimum absolute atomic E-state index is 0.147. The van der Waals surface area contributed by atoms with Gasteiger partial charge in [-0.1, -0.05) is 0 Å². The molecule has 2 aromatic rings. The van der Waals surface area contributed by atoms with Crippen LogP contribution in [0.15, 0.2) is 30.5 Å². The number of benzene rings is 1. The Bertz CT molecular complexity index is 602. The molecule has 1 fully saturated rings. The topological polar surface area (TPSA) is 33.1 Å². The molecular weight excluding hydrogens is 267 g/mol. The number of aryl methyl sites for hydroxylation is 1. The third-order valence-electron chi connectivity index (χ3n) is 3.97. The molecule has 1 aliphatic heterocycles. The van der Waals surface area contributed by atoms with Crippen LogP contribution in [-0.2, 0) is 13.1 Å². The number of nitrogens with zero attached hydrogens (tertiary/aromatic N) is 3. The highest BCUT2D eigenvalue weighted by Crippen LogP contribution is 2.26. The number of aromatic nitrogens is 2. The molecule has 1 saturated heterocycles. The molecule has 0 saturated carbocycles. The number of hydrogen-bond acceptors (Lipinski definition) is 3. The summed E-state index contributed by atoms with van der Waals surface area (Å²) in [5, 5.41) is 7.49. The van der Waals surface area contributed by atoms with Gasteiger partial charge in [0.05, 0.1) is 17.9 Å². The second-order valence-electron chi connectivity index (χ2n) is 5.35. The Morgan fingerprint density at radius 3 is 2.76 bits per heavy atom. The maximum absolute atomic E-state index is 14.2. The molecule has 0 amide bonds. The van der Waals surface area contributed by atoms with Crippen molar-refractivity contribution in [3.05, 3.63) is 42.0 Å². The molecule has 0 spiro atoms. The van der Waals surface area contributed by atoms with Crippen molar-refractivity contribution in [3.8, 4) is 0 Å². The lowest BCUT2D eigenvalue weighted by Crippen LogP contribution is -2.19. The minimum Gasteiger partial charge on any atom is -0.379 e. The van der Waals surface area contributed by atoms with Crippen molar-refractivity contribution >= 4 is 11.4 Å². The number of hydrogen-bond donors (Lipinski definition) is 1. The van der Waals surface area contributed by atoms with E-state index in [1.807, 2.05) is 22.9 Å². The largest absolute Gasteiger partial charge is 0.379 e. The van der Waals surface area contributed by atoms with Gasteiger partial charge < -0.3 is 10.2 Å². The lowest BCUT2D eigenvalue weighted by molar-refractivity contribution is 0.621.